The maximum Gasteiger partial charge on any atom is 0.326 e. The number of piperidine rings is 1. The second-order valence-corrected chi connectivity index (χ2v) is 5.91. The Labute approximate surface area is 127 Å². The number of methoxy groups -OCH3 is 1. The summed E-state index contributed by atoms with van der Waals surface area (Å²) in [5.74, 6) is -0.515. The van der Waals surface area contributed by atoms with E-state index < -0.39 is 12.0 Å². The summed E-state index contributed by atoms with van der Waals surface area (Å²) in [6.45, 7) is 7.38. The molecule has 0 aliphatic carbocycles. The fraction of sp³-hybridized carbons (Fsp3) is 0.867. The maximum absolute atomic E-state index is 12.7. The number of carbonyl (C=O) groups excluding carboxylic acids is 1. The molecule has 1 saturated heterocycles. The summed E-state index contributed by atoms with van der Waals surface area (Å²) in [6.07, 6.45) is 2.39. The Morgan fingerprint density at radius 2 is 2.10 bits per heavy atom. The Morgan fingerprint density at radius 3 is 2.57 bits per heavy atom. The van der Waals surface area contributed by atoms with Gasteiger partial charge in [0, 0.05) is 26.2 Å². The minimum absolute atomic E-state index is 0.0194. The summed E-state index contributed by atoms with van der Waals surface area (Å²) >= 11 is 0. The van der Waals surface area contributed by atoms with Gasteiger partial charge in [-0.3, -0.25) is 0 Å². The van der Waals surface area contributed by atoms with Gasteiger partial charge in [-0.1, -0.05) is 13.3 Å². The molecule has 2 unspecified atom stereocenters. The SMILES string of the molecule is CCC1CCN(C(=O)N(CCOC)C(C)C)C(C(=O)O)C1. The average Bonchev–Trinajstić information content (AvgIpc) is 2.46. The van der Waals surface area contributed by atoms with Crippen molar-refractivity contribution in [3.05, 3.63) is 0 Å². The van der Waals surface area contributed by atoms with Crippen LogP contribution in [0, 0.1) is 5.92 Å². The largest absolute Gasteiger partial charge is 0.480 e. The highest BCUT2D eigenvalue weighted by Gasteiger charge is 2.37. The molecule has 0 bridgehead atoms. The molecular formula is C15H28N2O4. The molecule has 1 aliphatic heterocycles. The van der Waals surface area contributed by atoms with Crippen molar-refractivity contribution < 1.29 is 19.4 Å². The summed E-state index contributed by atoms with van der Waals surface area (Å²) in [4.78, 5) is 27.4. The first-order valence-electron chi connectivity index (χ1n) is 7.71. The summed E-state index contributed by atoms with van der Waals surface area (Å²) < 4.78 is 5.04. The van der Waals surface area contributed by atoms with Crippen LogP contribution in [0.1, 0.15) is 40.0 Å². The summed E-state index contributed by atoms with van der Waals surface area (Å²) in [5, 5.41) is 9.43. The molecule has 1 N–H and O–H groups in total. The third-order valence-electron chi connectivity index (χ3n) is 4.22. The number of likely N-dealkylation sites (tertiary alicyclic amines) is 1. The molecule has 0 aromatic rings. The van der Waals surface area contributed by atoms with Gasteiger partial charge >= 0.3 is 12.0 Å². The third-order valence-corrected chi connectivity index (χ3v) is 4.22. The van der Waals surface area contributed by atoms with Crippen molar-refractivity contribution in [1.82, 2.24) is 9.80 Å². The van der Waals surface area contributed by atoms with Gasteiger partial charge in [0.2, 0.25) is 0 Å². The molecule has 0 aromatic carbocycles. The number of hydrogen-bond donors (Lipinski definition) is 1. The van der Waals surface area contributed by atoms with Crippen molar-refractivity contribution in [2.45, 2.75) is 52.1 Å². The monoisotopic (exact) mass is 300 g/mol. The molecule has 6 nitrogen and oxygen atoms in total. The second kappa shape index (κ2) is 8.22. The zero-order chi connectivity index (χ0) is 16.0. The van der Waals surface area contributed by atoms with Gasteiger partial charge in [0.25, 0.3) is 0 Å². The van der Waals surface area contributed by atoms with Crippen molar-refractivity contribution >= 4 is 12.0 Å². The highest BCUT2D eigenvalue weighted by atomic mass is 16.5. The topological polar surface area (TPSA) is 70.1 Å². The summed E-state index contributed by atoms with van der Waals surface area (Å²) in [5.41, 5.74) is 0. The van der Waals surface area contributed by atoms with Gasteiger partial charge in [0.05, 0.1) is 6.61 Å². The van der Waals surface area contributed by atoms with E-state index in [1.165, 1.54) is 4.90 Å². The Bertz CT molecular complexity index is 360. The van der Waals surface area contributed by atoms with Gasteiger partial charge in [-0.25, -0.2) is 9.59 Å². The number of carboxylic acids is 1. The molecule has 1 aliphatic rings. The van der Waals surface area contributed by atoms with E-state index >= 15 is 0 Å². The number of rotatable bonds is 6. The highest BCUT2D eigenvalue weighted by Crippen LogP contribution is 2.26. The zero-order valence-corrected chi connectivity index (χ0v) is 13.5. The van der Waals surface area contributed by atoms with Crippen LogP contribution in [-0.4, -0.2) is 65.8 Å². The van der Waals surface area contributed by atoms with E-state index in [0.717, 1.165) is 12.8 Å². The smallest absolute Gasteiger partial charge is 0.326 e. The fourth-order valence-electron chi connectivity index (χ4n) is 2.80. The lowest BCUT2D eigenvalue weighted by Crippen LogP contribution is -2.56. The molecule has 1 fully saturated rings. The third kappa shape index (κ3) is 4.59. The molecule has 6 heteroatoms. The van der Waals surface area contributed by atoms with E-state index in [1.54, 1.807) is 12.0 Å². The molecule has 0 spiro atoms. The normalized spacial score (nSPS) is 22.4. The maximum atomic E-state index is 12.7. The molecule has 21 heavy (non-hydrogen) atoms. The zero-order valence-electron chi connectivity index (χ0n) is 13.5. The first-order chi connectivity index (χ1) is 9.92. The lowest BCUT2D eigenvalue weighted by molar-refractivity contribution is -0.144. The number of aliphatic carboxylic acids is 1. The number of carboxylic acid groups (broad SMARTS) is 1. The lowest BCUT2D eigenvalue weighted by atomic mass is 9.89. The number of carbonyl (C=O) groups is 2. The Balaban J connectivity index is 2.83. The van der Waals surface area contributed by atoms with Crippen LogP contribution < -0.4 is 0 Å². The van der Waals surface area contributed by atoms with Crippen LogP contribution in [0.5, 0.6) is 0 Å². The number of amides is 2. The first-order valence-corrected chi connectivity index (χ1v) is 7.71. The molecule has 122 valence electrons. The molecule has 1 rings (SSSR count). The number of ether oxygens (including phenoxy) is 1. The van der Waals surface area contributed by atoms with E-state index in [9.17, 15) is 14.7 Å². The lowest BCUT2D eigenvalue weighted by Gasteiger charge is -2.40. The number of nitrogens with zero attached hydrogens (tertiary/aromatic N) is 2. The Hall–Kier alpha value is -1.30. The fourth-order valence-corrected chi connectivity index (χ4v) is 2.80. The molecule has 0 radical (unpaired) electrons. The van der Waals surface area contributed by atoms with Crippen LogP contribution in [0.3, 0.4) is 0 Å². The number of hydrogen-bond acceptors (Lipinski definition) is 3. The van der Waals surface area contributed by atoms with Crippen LogP contribution >= 0.6 is 0 Å². The van der Waals surface area contributed by atoms with Gasteiger partial charge in [0.15, 0.2) is 0 Å². The van der Waals surface area contributed by atoms with Crippen molar-refractivity contribution in [2.75, 3.05) is 26.8 Å². The van der Waals surface area contributed by atoms with Crippen molar-refractivity contribution in [3.8, 4) is 0 Å². The molecule has 2 atom stereocenters. The summed E-state index contributed by atoms with van der Waals surface area (Å²) in [6, 6.07) is -0.880. The van der Waals surface area contributed by atoms with E-state index in [4.69, 9.17) is 4.74 Å². The van der Waals surface area contributed by atoms with Gasteiger partial charge in [-0.15, -0.1) is 0 Å². The summed E-state index contributed by atoms with van der Waals surface area (Å²) in [7, 11) is 1.59. The van der Waals surface area contributed by atoms with Crippen molar-refractivity contribution in [3.63, 3.8) is 0 Å². The van der Waals surface area contributed by atoms with Gasteiger partial charge in [-0.05, 0) is 32.6 Å². The minimum Gasteiger partial charge on any atom is -0.480 e. The van der Waals surface area contributed by atoms with Gasteiger partial charge in [0.1, 0.15) is 6.04 Å². The van der Waals surface area contributed by atoms with E-state index in [2.05, 4.69) is 6.92 Å². The van der Waals surface area contributed by atoms with Gasteiger partial charge in [-0.2, -0.15) is 0 Å². The van der Waals surface area contributed by atoms with E-state index in [0.29, 0.717) is 32.0 Å². The minimum atomic E-state index is -0.906. The molecule has 0 aromatic heterocycles. The van der Waals surface area contributed by atoms with Gasteiger partial charge < -0.3 is 19.6 Å². The van der Waals surface area contributed by atoms with Crippen LogP contribution in [-0.2, 0) is 9.53 Å². The standard InChI is InChI=1S/C15H28N2O4/c1-5-12-6-7-17(13(10-12)14(18)19)15(20)16(11(2)3)8-9-21-4/h11-13H,5-10H2,1-4H3,(H,18,19). The predicted octanol–water partition coefficient (Wildman–Crippen LogP) is 2.04. The molecule has 2 amide bonds. The van der Waals surface area contributed by atoms with E-state index in [-0.39, 0.29) is 12.1 Å². The molecule has 0 saturated carbocycles. The average molecular weight is 300 g/mol. The van der Waals surface area contributed by atoms with Crippen LogP contribution in [0.4, 0.5) is 4.79 Å². The van der Waals surface area contributed by atoms with Crippen molar-refractivity contribution in [1.29, 1.82) is 0 Å². The first kappa shape index (κ1) is 17.8. The Morgan fingerprint density at radius 1 is 1.43 bits per heavy atom. The van der Waals surface area contributed by atoms with Crippen LogP contribution in [0.2, 0.25) is 0 Å². The van der Waals surface area contributed by atoms with Crippen LogP contribution in [0.25, 0.3) is 0 Å². The van der Waals surface area contributed by atoms with Crippen LogP contribution in [0.15, 0.2) is 0 Å². The van der Waals surface area contributed by atoms with E-state index in [1.807, 2.05) is 13.8 Å². The Kier molecular flexibility index (Phi) is 6.95. The molecule has 1 heterocycles. The molecular weight excluding hydrogens is 272 g/mol. The second-order valence-electron chi connectivity index (χ2n) is 5.91. The predicted molar refractivity (Wildman–Crippen MR) is 80.3 cm³/mol. The highest BCUT2D eigenvalue weighted by molar-refractivity contribution is 5.83. The van der Waals surface area contributed by atoms with Crippen molar-refractivity contribution in [2.24, 2.45) is 5.92 Å². The quantitative estimate of drug-likeness (QED) is 0.815. The number of urea groups is 1.